The van der Waals surface area contributed by atoms with Crippen LogP contribution in [-0.2, 0) is 0 Å². The van der Waals surface area contributed by atoms with E-state index >= 15 is 0 Å². The van der Waals surface area contributed by atoms with Crippen LogP contribution in [0.3, 0.4) is 0 Å². The van der Waals surface area contributed by atoms with Gasteiger partial charge in [-0.05, 0) is 55.4 Å². The largest absolute Gasteiger partial charge is 0.339 e. The van der Waals surface area contributed by atoms with Crippen LogP contribution < -0.4 is 5.32 Å². The number of nitrogens with one attached hydrogen (secondary N) is 2. The molecule has 6 nitrogen and oxygen atoms in total. The van der Waals surface area contributed by atoms with Gasteiger partial charge in [0, 0.05) is 23.0 Å². The van der Waals surface area contributed by atoms with E-state index in [1.54, 1.807) is 12.1 Å². The molecule has 3 rings (SSSR count). The SMILES string of the molecule is CC(=O)c1ccc(NC(=O)c2nc(C#N)c[nH]2)c(C2=CCC(C)(C)CC2)c1. The van der Waals surface area contributed by atoms with Gasteiger partial charge in [-0.2, -0.15) is 5.26 Å². The number of benzene rings is 1. The molecule has 1 amide bonds. The number of hydrogen-bond donors (Lipinski definition) is 2. The minimum absolute atomic E-state index is 0.0180. The summed E-state index contributed by atoms with van der Waals surface area (Å²) in [4.78, 5) is 31.0. The molecule has 1 aromatic carbocycles. The number of carbonyl (C=O) groups excluding carboxylic acids is 2. The van der Waals surface area contributed by atoms with Gasteiger partial charge in [0.15, 0.2) is 17.3 Å². The highest BCUT2D eigenvalue weighted by Crippen LogP contribution is 2.40. The van der Waals surface area contributed by atoms with Gasteiger partial charge >= 0.3 is 0 Å². The number of rotatable bonds is 4. The predicted octanol–water partition coefficient (Wildman–Crippen LogP) is 4.33. The van der Waals surface area contributed by atoms with E-state index in [-0.39, 0.29) is 22.7 Å². The second-order valence-corrected chi connectivity index (χ2v) is 7.61. The highest BCUT2D eigenvalue weighted by molar-refractivity contribution is 6.04. The Morgan fingerprint density at radius 1 is 1.33 bits per heavy atom. The molecule has 1 aliphatic rings. The molecule has 0 fully saturated rings. The number of allylic oxidation sites excluding steroid dienone is 2. The van der Waals surface area contributed by atoms with Crippen LogP contribution in [0.4, 0.5) is 5.69 Å². The summed E-state index contributed by atoms with van der Waals surface area (Å²) in [6.07, 6.45) is 6.46. The van der Waals surface area contributed by atoms with Crippen molar-refractivity contribution < 1.29 is 9.59 Å². The Balaban J connectivity index is 1.95. The van der Waals surface area contributed by atoms with Crippen molar-refractivity contribution in [2.75, 3.05) is 5.32 Å². The third-order valence-electron chi connectivity index (χ3n) is 4.90. The Kier molecular flexibility index (Phi) is 4.95. The van der Waals surface area contributed by atoms with Gasteiger partial charge in [0.05, 0.1) is 0 Å². The zero-order valence-electron chi connectivity index (χ0n) is 15.7. The van der Waals surface area contributed by atoms with Crippen molar-refractivity contribution in [2.45, 2.75) is 40.0 Å². The van der Waals surface area contributed by atoms with Gasteiger partial charge in [0.2, 0.25) is 0 Å². The molecule has 0 spiro atoms. The van der Waals surface area contributed by atoms with Crippen molar-refractivity contribution in [3.05, 3.63) is 53.1 Å². The lowest BCUT2D eigenvalue weighted by Crippen LogP contribution is -2.17. The molecule has 0 radical (unpaired) electrons. The fourth-order valence-electron chi connectivity index (χ4n) is 3.14. The molecule has 6 heteroatoms. The summed E-state index contributed by atoms with van der Waals surface area (Å²) in [7, 11) is 0. The maximum Gasteiger partial charge on any atom is 0.291 e. The number of aromatic amines is 1. The molecule has 2 aromatic rings. The lowest BCUT2D eigenvalue weighted by molar-refractivity contribution is 0.101. The average molecular weight is 362 g/mol. The minimum atomic E-state index is -0.426. The first kappa shape index (κ1) is 18.6. The Hall–Kier alpha value is -3.20. The van der Waals surface area contributed by atoms with Crippen molar-refractivity contribution in [3.8, 4) is 6.07 Å². The van der Waals surface area contributed by atoms with E-state index in [1.165, 1.54) is 13.1 Å². The third-order valence-corrected chi connectivity index (χ3v) is 4.90. The number of nitrogens with zero attached hydrogens (tertiary/aromatic N) is 2. The van der Waals surface area contributed by atoms with Crippen molar-refractivity contribution in [1.29, 1.82) is 5.26 Å². The number of Topliss-reactive ketones (excluding diaryl/α,β-unsaturated/α-hetero) is 1. The van der Waals surface area contributed by atoms with Crippen LogP contribution in [0.2, 0.25) is 0 Å². The van der Waals surface area contributed by atoms with Crippen LogP contribution in [-0.4, -0.2) is 21.7 Å². The summed E-state index contributed by atoms with van der Waals surface area (Å²) in [6.45, 7) is 6.00. The lowest BCUT2D eigenvalue weighted by atomic mass is 9.76. The number of nitriles is 1. The summed E-state index contributed by atoms with van der Waals surface area (Å²) in [5.74, 6) is -0.368. The Morgan fingerprint density at radius 2 is 2.11 bits per heavy atom. The van der Waals surface area contributed by atoms with E-state index in [1.807, 2.05) is 12.1 Å². The minimum Gasteiger partial charge on any atom is -0.339 e. The lowest BCUT2D eigenvalue weighted by Gasteiger charge is -2.29. The van der Waals surface area contributed by atoms with E-state index in [9.17, 15) is 9.59 Å². The van der Waals surface area contributed by atoms with Crippen LogP contribution in [0, 0.1) is 16.7 Å². The normalized spacial score (nSPS) is 15.6. The topological polar surface area (TPSA) is 98.6 Å². The van der Waals surface area contributed by atoms with Gasteiger partial charge in [0.1, 0.15) is 6.07 Å². The summed E-state index contributed by atoms with van der Waals surface area (Å²) in [6, 6.07) is 7.18. The summed E-state index contributed by atoms with van der Waals surface area (Å²) >= 11 is 0. The Labute approximate surface area is 158 Å². The van der Waals surface area contributed by atoms with Crippen LogP contribution in [0.25, 0.3) is 5.57 Å². The molecule has 0 aliphatic heterocycles. The molecule has 0 bridgehead atoms. The quantitative estimate of drug-likeness (QED) is 0.791. The van der Waals surface area contributed by atoms with Gasteiger partial charge < -0.3 is 10.3 Å². The molecule has 1 heterocycles. The van der Waals surface area contributed by atoms with E-state index in [4.69, 9.17) is 5.26 Å². The standard InChI is InChI=1S/C21H22N4O2/c1-13(26)15-4-5-18(25-20(27)19-23-12-16(11-22)24-19)17(10-15)14-6-8-21(2,3)9-7-14/h4-6,10,12H,7-9H2,1-3H3,(H,23,24)(H,25,27). The molecular weight excluding hydrogens is 340 g/mol. The predicted molar refractivity (Wildman–Crippen MR) is 103 cm³/mol. The van der Waals surface area contributed by atoms with Gasteiger partial charge in [-0.1, -0.05) is 19.9 Å². The fourth-order valence-corrected chi connectivity index (χ4v) is 3.14. The first-order valence-corrected chi connectivity index (χ1v) is 8.90. The molecule has 0 saturated carbocycles. The summed E-state index contributed by atoms with van der Waals surface area (Å²) in [5.41, 5.74) is 3.64. The molecule has 0 atom stereocenters. The zero-order valence-corrected chi connectivity index (χ0v) is 15.7. The van der Waals surface area contributed by atoms with Crippen molar-refractivity contribution in [2.24, 2.45) is 5.41 Å². The number of amides is 1. The second-order valence-electron chi connectivity index (χ2n) is 7.61. The van der Waals surface area contributed by atoms with Crippen LogP contribution >= 0.6 is 0 Å². The maximum atomic E-state index is 12.5. The smallest absolute Gasteiger partial charge is 0.291 e. The van der Waals surface area contributed by atoms with Crippen molar-refractivity contribution >= 4 is 23.0 Å². The van der Waals surface area contributed by atoms with Gasteiger partial charge in [-0.3, -0.25) is 9.59 Å². The fraction of sp³-hybridized carbons (Fsp3) is 0.333. The average Bonchev–Trinajstić information content (AvgIpc) is 3.11. The van der Waals surface area contributed by atoms with Crippen molar-refractivity contribution in [3.63, 3.8) is 0 Å². The third kappa shape index (κ3) is 4.14. The Morgan fingerprint density at radius 3 is 2.70 bits per heavy atom. The number of hydrogen-bond acceptors (Lipinski definition) is 4. The first-order valence-electron chi connectivity index (χ1n) is 8.90. The highest BCUT2D eigenvalue weighted by atomic mass is 16.2. The molecule has 1 aliphatic carbocycles. The maximum absolute atomic E-state index is 12.5. The molecular formula is C21H22N4O2. The Bertz CT molecular complexity index is 976. The second kappa shape index (κ2) is 7.20. The van der Waals surface area contributed by atoms with Crippen molar-refractivity contribution in [1.82, 2.24) is 9.97 Å². The van der Waals surface area contributed by atoms with E-state index in [0.29, 0.717) is 11.3 Å². The highest BCUT2D eigenvalue weighted by Gasteiger charge is 2.24. The summed E-state index contributed by atoms with van der Waals surface area (Å²) in [5, 5.41) is 11.7. The molecule has 0 unspecified atom stereocenters. The van der Waals surface area contributed by atoms with Crippen LogP contribution in [0.1, 0.15) is 72.3 Å². The van der Waals surface area contributed by atoms with Gasteiger partial charge in [-0.15, -0.1) is 0 Å². The van der Waals surface area contributed by atoms with E-state index in [2.05, 4.69) is 35.2 Å². The van der Waals surface area contributed by atoms with E-state index in [0.717, 1.165) is 30.4 Å². The first-order chi connectivity index (χ1) is 12.8. The number of carbonyl (C=O) groups is 2. The van der Waals surface area contributed by atoms with E-state index < -0.39 is 5.91 Å². The van der Waals surface area contributed by atoms with Crippen LogP contribution in [0.15, 0.2) is 30.5 Å². The summed E-state index contributed by atoms with van der Waals surface area (Å²) < 4.78 is 0. The molecule has 138 valence electrons. The van der Waals surface area contributed by atoms with Gasteiger partial charge in [-0.25, -0.2) is 4.98 Å². The zero-order chi connectivity index (χ0) is 19.6. The molecule has 2 N–H and O–H groups in total. The molecule has 1 aromatic heterocycles. The number of aromatic nitrogens is 2. The molecule has 27 heavy (non-hydrogen) atoms. The van der Waals surface area contributed by atoms with Gasteiger partial charge in [0.25, 0.3) is 5.91 Å². The number of H-pyrrole nitrogens is 1. The number of ketones is 1. The van der Waals surface area contributed by atoms with Crippen LogP contribution in [0.5, 0.6) is 0 Å². The number of anilines is 1. The molecule has 0 saturated heterocycles. The monoisotopic (exact) mass is 362 g/mol. The number of imidazole rings is 1.